The molecular formula is C19H29N3O5. The normalized spacial score (nSPS) is 31.2. The minimum Gasteiger partial charge on any atom is -0.466 e. The van der Waals surface area contributed by atoms with Gasteiger partial charge in [-0.2, -0.15) is 0 Å². The smallest absolute Gasteiger partial charge is 0.325 e. The van der Waals surface area contributed by atoms with Gasteiger partial charge in [0.05, 0.1) is 12.5 Å². The summed E-state index contributed by atoms with van der Waals surface area (Å²) in [6.07, 6.45) is 4.42. The molecular weight excluding hydrogens is 350 g/mol. The molecule has 2 saturated heterocycles. The summed E-state index contributed by atoms with van der Waals surface area (Å²) < 4.78 is 5.06. The predicted molar refractivity (Wildman–Crippen MR) is 96.5 cm³/mol. The Hall–Kier alpha value is -2.12. The summed E-state index contributed by atoms with van der Waals surface area (Å²) in [5.74, 6) is -0.665. The molecule has 0 aromatic rings. The molecule has 0 bridgehead atoms. The van der Waals surface area contributed by atoms with Crippen LogP contribution in [0.15, 0.2) is 0 Å². The van der Waals surface area contributed by atoms with Gasteiger partial charge in [0.2, 0.25) is 5.91 Å². The summed E-state index contributed by atoms with van der Waals surface area (Å²) in [6, 6.07) is -0.484. The number of urea groups is 1. The molecule has 8 nitrogen and oxygen atoms in total. The molecule has 4 amide bonds. The number of nitrogens with zero attached hydrogens (tertiary/aromatic N) is 2. The van der Waals surface area contributed by atoms with Crippen LogP contribution in [0, 0.1) is 11.8 Å². The van der Waals surface area contributed by atoms with Gasteiger partial charge >= 0.3 is 12.0 Å². The summed E-state index contributed by atoms with van der Waals surface area (Å²) >= 11 is 0. The number of hydrogen-bond acceptors (Lipinski definition) is 5. The molecule has 1 aliphatic carbocycles. The van der Waals surface area contributed by atoms with Crippen molar-refractivity contribution in [1.29, 1.82) is 0 Å². The Balaban J connectivity index is 1.61. The van der Waals surface area contributed by atoms with E-state index in [1.165, 1.54) is 0 Å². The molecule has 3 aliphatic rings. The fourth-order valence-corrected chi connectivity index (χ4v) is 4.31. The molecule has 1 spiro atoms. The first kappa shape index (κ1) is 19.6. The Morgan fingerprint density at radius 2 is 1.93 bits per heavy atom. The van der Waals surface area contributed by atoms with Crippen molar-refractivity contribution in [2.24, 2.45) is 11.8 Å². The highest BCUT2D eigenvalue weighted by molar-refractivity contribution is 6.09. The van der Waals surface area contributed by atoms with Gasteiger partial charge in [0.15, 0.2) is 0 Å². The fraction of sp³-hybridized carbons (Fsp3) is 0.789. The average Bonchev–Trinajstić information content (AvgIpc) is 2.89. The maximum absolute atomic E-state index is 12.9. The second kappa shape index (κ2) is 7.86. The number of nitrogens with one attached hydrogen (secondary N) is 1. The van der Waals surface area contributed by atoms with Crippen molar-refractivity contribution in [3.63, 3.8) is 0 Å². The molecule has 0 unspecified atom stereocenters. The van der Waals surface area contributed by atoms with Crippen LogP contribution in [0.25, 0.3) is 0 Å². The van der Waals surface area contributed by atoms with Gasteiger partial charge in [-0.25, -0.2) is 4.79 Å². The van der Waals surface area contributed by atoms with Crippen LogP contribution < -0.4 is 5.32 Å². The third kappa shape index (κ3) is 3.94. The Morgan fingerprint density at radius 3 is 2.59 bits per heavy atom. The first-order valence-corrected chi connectivity index (χ1v) is 9.95. The molecule has 1 atom stereocenters. The number of esters is 1. The number of carbonyl (C=O) groups excluding carboxylic acids is 4. The number of carbonyl (C=O) groups is 4. The van der Waals surface area contributed by atoms with Crippen LogP contribution in [0.1, 0.15) is 52.4 Å². The van der Waals surface area contributed by atoms with E-state index in [-0.39, 0.29) is 36.8 Å². The van der Waals surface area contributed by atoms with Crippen LogP contribution in [0.5, 0.6) is 0 Å². The highest BCUT2D eigenvalue weighted by Crippen LogP contribution is 2.36. The lowest BCUT2D eigenvalue weighted by Crippen LogP contribution is -2.50. The van der Waals surface area contributed by atoms with Gasteiger partial charge in [-0.3, -0.25) is 19.3 Å². The first-order chi connectivity index (χ1) is 12.9. The number of ether oxygens (including phenoxy) is 1. The summed E-state index contributed by atoms with van der Waals surface area (Å²) in [7, 11) is 0. The van der Waals surface area contributed by atoms with Crippen LogP contribution in [0.2, 0.25) is 0 Å². The van der Waals surface area contributed by atoms with E-state index in [1.807, 2.05) is 0 Å². The van der Waals surface area contributed by atoms with Crippen molar-refractivity contribution in [2.45, 2.75) is 57.9 Å². The topological polar surface area (TPSA) is 96.0 Å². The quantitative estimate of drug-likeness (QED) is 0.586. The van der Waals surface area contributed by atoms with Crippen molar-refractivity contribution in [1.82, 2.24) is 15.1 Å². The molecule has 1 saturated carbocycles. The molecule has 2 aliphatic heterocycles. The number of hydrogen-bond donors (Lipinski definition) is 1. The monoisotopic (exact) mass is 379 g/mol. The molecule has 3 fully saturated rings. The van der Waals surface area contributed by atoms with Gasteiger partial charge in [0, 0.05) is 13.1 Å². The largest absolute Gasteiger partial charge is 0.466 e. The lowest BCUT2D eigenvalue weighted by molar-refractivity contribution is -0.152. The van der Waals surface area contributed by atoms with Crippen LogP contribution in [-0.4, -0.2) is 65.4 Å². The minimum absolute atomic E-state index is 0.266. The molecule has 150 valence electrons. The summed E-state index contributed by atoms with van der Waals surface area (Å²) in [6.45, 7) is 4.75. The Bertz CT molecular complexity index is 627. The van der Waals surface area contributed by atoms with Crippen molar-refractivity contribution in [3.8, 4) is 0 Å². The molecule has 2 heterocycles. The van der Waals surface area contributed by atoms with Crippen LogP contribution in [-0.2, 0) is 19.1 Å². The van der Waals surface area contributed by atoms with E-state index in [4.69, 9.17) is 4.74 Å². The first-order valence-electron chi connectivity index (χ1n) is 9.95. The van der Waals surface area contributed by atoms with Gasteiger partial charge in [-0.05, 0) is 51.4 Å². The molecule has 3 rings (SSSR count). The van der Waals surface area contributed by atoms with E-state index in [0.29, 0.717) is 44.8 Å². The standard InChI is InChI=1S/C19H29N3O5/c1-3-27-16(24)14-5-4-10-21(11-14)15(23)12-22-17(25)19(20-18(22)26)8-6-13(2)7-9-19/h13-14H,3-12H2,1-2H3,(H,20,26)/t13?,14-,19?/m0/s1. The number of piperidine rings is 1. The van der Waals surface area contributed by atoms with Gasteiger partial charge in [0.25, 0.3) is 5.91 Å². The van der Waals surface area contributed by atoms with Gasteiger partial charge in [0.1, 0.15) is 12.1 Å². The molecule has 1 N–H and O–H groups in total. The second-order valence-corrected chi connectivity index (χ2v) is 8.02. The number of likely N-dealkylation sites (tertiary alicyclic amines) is 1. The number of amides is 4. The molecule has 27 heavy (non-hydrogen) atoms. The van der Waals surface area contributed by atoms with Crippen LogP contribution in [0.3, 0.4) is 0 Å². The highest BCUT2D eigenvalue weighted by atomic mass is 16.5. The van der Waals surface area contributed by atoms with E-state index in [0.717, 1.165) is 17.7 Å². The fourth-order valence-electron chi connectivity index (χ4n) is 4.31. The van der Waals surface area contributed by atoms with Crippen molar-refractivity contribution >= 4 is 23.8 Å². The van der Waals surface area contributed by atoms with E-state index in [1.54, 1.807) is 11.8 Å². The Morgan fingerprint density at radius 1 is 1.22 bits per heavy atom. The van der Waals surface area contributed by atoms with E-state index >= 15 is 0 Å². The highest BCUT2D eigenvalue weighted by Gasteiger charge is 2.52. The lowest BCUT2D eigenvalue weighted by atomic mass is 9.77. The van der Waals surface area contributed by atoms with E-state index in [9.17, 15) is 19.2 Å². The average molecular weight is 379 g/mol. The summed E-state index contributed by atoms with van der Waals surface area (Å²) in [5, 5.41) is 2.83. The van der Waals surface area contributed by atoms with Gasteiger partial charge < -0.3 is 15.0 Å². The van der Waals surface area contributed by atoms with E-state index < -0.39 is 11.6 Å². The molecule has 0 aromatic carbocycles. The maximum atomic E-state index is 12.9. The predicted octanol–water partition coefficient (Wildman–Crippen LogP) is 1.29. The zero-order chi connectivity index (χ0) is 19.6. The molecule has 0 radical (unpaired) electrons. The van der Waals surface area contributed by atoms with Gasteiger partial charge in [-0.15, -0.1) is 0 Å². The van der Waals surface area contributed by atoms with E-state index in [2.05, 4.69) is 12.2 Å². The van der Waals surface area contributed by atoms with Crippen molar-refractivity contribution < 1.29 is 23.9 Å². The maximum Gasteiger partial charge on any atom is 0.325 e. The summed E-state index contributed by atoms with van der Waals surface area (Å²) in [4.78, 5) is 52.5. The SMILES string of the molecule is CCOC(=O)[C@H]1CCCN(C(=O)CN2C(=O)NC3(CCC(C)CC3)C2=O)C1. The van der Waals surface area contributed by atoms with Crippen molar-refractivity contribution in [2.75, 3.05) is 26.2 Å². The molecule has 8 heteroatoms. The Kier molecular flexibility index (Phi) is 5.72. The number of imide groups is 1. The zero-order valence-electron chi connectivity index (χ0n) is 16.2. The lowest BCUT2D eigenvalue weighted by Gasteiger charge is -2.34. The third-order valence-electron chi connectivity index (χ3n) is 6.06. The third-order valence-corrected chi connectivity index (χ3v) is 6.06. The van der Waals surface area contributed by atoms with Crippen LogP contribution in [0.4, 0.5) is 4.79 Å². The minimum atomic E-state index is -0.834. The van der Waals surface area contributed by atoms with Crippen molar-refractivity contribution in [3.05, 3.63) is 0 Å². The van der Waals surface area contributed by atoms with Crippen LogP contribution >= 0.6 is 0 Å². The Labute approximate surface area is 159 Å². The second-order valence-electron chi connectivity index (χ2n) is 8.02. The summed E-state index contributed by atoms with van der Waals surface area (Å²) in [5.41, 5.74) is -0.834. The zero-order valence-corrected chi connectivity index (χ0v) is 16.2. The number of rotatable bonds is 4. The van der Waals surface area contributed by atoms with Gasteiger partial charge in [-0.1, -0.05) is 6.92 Å². The molecule has 0 aromatic heterocycles.